The highest BCUT2D eigenvalue weighted by molar-refractivity contribution is 5.83. The van der Waals surface area contributed by atoms with Gasteiger partial charge in [0.25, 0.3) is 0 Å². The van der Waals surface area contributed by atoms with E-state index in [1.165, 1.54) is 12.1 Å². The van der Waals surface area contributed by atoms with E-state index in [1.54, 1.807) is 12.3 Å². The molecule has 0 radical (unpaired) electrons. The summed E-state index contributed by atoms with van der Waals surface area (Å²) in [5.74, 6) is 0. The van der Waals surface area contributed by atoms with Crippen molar-refractivity contribution in [2.24, 2.45) is 0 Å². The number of piperazine rings is 1. The van der Waals surface area contributed by atoms with Crippen molar-refractivity contribution in [1.29, 1.82) is 0 Å². The molecule has 3 aromatic rings. The molecule has 3 heterocycles. The van der Waals surface area contributed by atoms with E-state index < -0.39 is 11.7 Å². The van der Waals surface area contributed by atoms with Crippen molar-refractivity contribution in [1.82, 2.24) is 4.73 Å². The zero-order valence-corrected chi connectivity index (χ0v) is 14.4. The molecule has 2 aliphatic heterocycles. The van der Waals surface area contributed by atoms with Crippen molar-refractivity contribution in [3.8, 4) is 0 Å². The molecule has 2 aliphatic rings. The molecule has 2 bridgehead atoms. The Hall–Kier alpha value is -2.83. The van der Waals surface area contributed by atoms with Crippen LogP contribution in [0.5, 0.6) is 0 Å². The van der Waals surface area contributed by atoms with Crippen molar-refractivity contribution >= 4 is 22.3 Å². The second-order valence-electron chi connectivity index (χ2n) is 7.30. The Bertz CT molecular complexity index is 1010. The topological polar surface area (TPSA) is 31.6 Å². The van der Waals surface area contributed by atoms with Crippen LogP contribution in [0.15, 0.2) is 54.7 Å². The van der Waals surface area contributed by atoms with Crippen LogP contribution in [0.3, 0.4) is 0 Å². The van der Waals surface area contributed by atoms with Gasteiger partial charge in [-0.15, -0.1) is 0 Å². The van der Waals surface area contributed by atoms with Crippen LogP contribution in [0.2, 0.25) is 0 Å². The van der Waals surface area contributed by atoms with Gasteiger partial charge in [0.1, 0.15) is 0 Å². The molecule has 2 saturated heterocycles. The van der Waals surface area contributed by atoms with Crippen LogP contribution in [-0.4, -0.2) is 35.1 Å². The van der Waals surface area contributed by atoms with Crippen molar-refractivity contribution in [3.05, 3.63) is 60.3 Å². The average Bonchev–Trinajstić information content (AvgIpc) is 3.35. The molecular weight excluding hydrogens is 355 g/mol. The number of halogens is 3. The van der Waals surface area contributed by atoms with Gasteiger partial charge in [-0.3, -0.25) is 0 Å². The second-order valence-corrected chi connectivity index (χ2v) is 7.30. The lowest BCUT2D eigenvalue weighted by molar-refractivity contribution is -0.137. The van der Waals surface area contributed by atoms with Gasteiger partial charge in [-0.2, -0.15) is 17.9 Å². The van der Waals surface area contributed by atoms with Gasteiger partial charge in [-0.05, 0) is 42.8 Å². The maximum Gasteiger partial charge on any atom is 0.416 e. The summed E-state index contributed by atoms with van der Waals surface area (Å²) in [6, 6.07) is 13.9. The summed E-state index contributed by atoms with van der Waals surface area (Å²) in [5.41, 5.74) is 1.82. The molecule has 2 atom stereocenters. The van der Waals surface area contributed by atoms with E-state index in [-0.39, 0.29) is 12.1 Å². The average molecular weight is 373 g/mol. The number of hydrogen-bond acceptors (Lipinski definition) is 3. The number of aromatic nitrogens is 1. The minimum Gasteiger partial charge on any atom is -0.428 e. The predicted molar refractivity (Wildman–Crippen MR) is 97.5 cm³/mol. The zero-order chi connectivity index (χ0) is 18.8. The monoisotopic (exact) mass is 373 g/mol. The molecule has 0 aliphatic carbocycles. The SMILES string of the molecule is On1ccc2ccc(N3C[C@@H]4C[C@H]3CN4c3cccc(C(F)(F)F)c3)cc21. The first kappa shape index (κ1) is 16.4. The Kier molecular flexibility index (Phi) is 3.38. The highest BCUT2D eigenvalue weighted by Gasteiger charge is 2.44. The van der Waals surface area contributed by atoms with Gasteiger partial charge in [-0.1, -0.05) is 12.1 Å². The zero-order valence-electron chi connectivity index (χ0n) is 14.4. The molecule has 1 aromatic heterocycles. The fourth-order valence-electron chi connectivity index (χ4n) is 4.44. The molecule has 4 nitrogen and oxygen atoms in total. The number of anilines is 2. The maximum atomic E-state index is 13.0. The third-order valence-electron chi connectivity index (χ3n) is 5.73. The molecule has 0 amide bonds. The number of alkyl halides is 3. The van der Waals surface area contributed by atoms with Crippen molar-refractivity contribution in [3.63, 3.8) is 0 Å². The summed E-state index contributed by atoms with van der Waals surface area (Å²) in [4.78, 5) is 4.38. The van der Waals surface area contributed by atoms with Gasteiger partial charge < -0.3 is 15.0 Å². The predicted octanol–water partition coefficient (Wildman–Crippen LogP) is 4.36. The molecule has 1 N–H and O–H groups in total. The standard InChI is InChI=1S/C20H18F3N3O/c21-20(22,23)14-2-1-3-15(8-14)24-11-18-9-17(24)12-25(18)16-5-4-13-6-7-26(27)19(13)10-16/h1-8,10,17-18,27H,9,11-12H2/t17-,18-/m0/s1. The summed E-state index contributed by atoms with van der Waals surface area (Å²) in [6.45, 7) is 1.46. The molecule has 27 heavy (non-hydrogen) atoms. The van der Waals surface area contributed by atoms with Crippen LogP contribution in [0.4, 0.5) is 24.5 Å². The minimum absolute atomic E-state index is 0.190. The number of nitrogens with zero attached hydrogens (tertiary/aromatic N) is 3. The Morgan fingerprint density at radius 2 is 1.59 bits per heavy atom. The Labute approximate surface area is 154 Å². The normalized spacial score (nSPS) is 22.2. The number of fused-ring (bicyclic) bond motifs is 3. The third-order valence-corrected chi connectivity index (χ3v) is 5.73. The first-order chi connectivity index (χ1) is 12.9. The van der Waals surface area contributed by atoms with E-state index in [2.05, 4.69) is 9.80 Å². The Morgan fingerprint density at radius 1 is 0.889 bits per heavy atom. The fourth-order valence-corrected chi connectivity index (χ4v) is 4.44. The first-order valence-electron chi connectivity index (χ1n) is 8.91. The smallest absolute Gasteiger partial charge is 0.416 e. The summed E-state index contributed by atoms with van der Waals surface area (Å²) in [5, 5.41) is 10.9. The van der Waals surface area contributed by atoms with E-state index in [9.17, 15) is 18.4 Å². The van der Waals surface area contributed by atoms with Crippen molar-refractivity contribution in [2.45, 2.75) is 24.7 Å². The maximum absolute atomic E-state index is 13.0. The van der Waals surface area contributed by atoms with Crippen LogP contribution >= 0.6 is 0 Å². The van der Waals surface area contributed by atoms with E-state index in [4.69, 9.17) is 0 Å². The summed E-state index contributed by atoms with van der Waals surface area (Å²) in [7, 11) is 0. The lowest BCUT2D eigenvalue weighted by Gasteiger charge is -2.37. The molecule has 2 aromatic carbocycles. The van der Waals surface area contributed by atoms with E-state index >= 15 is 0 Å². The molecule has 5 rings (SSSR count). The summed E-state index contributed by atoms with van der Waals surface area (Å²) >= 11 is 0. The number of benzene rings is 2. The molecule has 2 fully saturated rings. The lowest BCUT2D eigenvalue weighted by Crippen LogP contribution is -2.46. The van der Waals surface area contributed by atoms with Gasteiger partial charge in [0.05, 0.1) is 11.1 Å². The van der Waals surface area contributed by atoms with E-state index in [0.717, 1.165) is 40.4 Å². The Balaban J connectivity index is 1.39. The quantitative estimate of drug-likeness (QED) is 0.677. The number of rotatable bonds is 2. The minimum atomic E-state index is -4.32. The summed E-state index contributed by atoms with van der Waals surface area (Å²) in [6.07, 6.45) is -1.79. The molecule has 0 spiro atoms. The van der Waals surface area contributed by atoms with Gasteiger partial charge in [0.2, 0.25) is 0 Å². The lowest BCUT2D eigenvalue weighted by atomic mass is 10.1. The molecular formula is C20H18F3N3O. The van der Waals surface area contributed by atoms with Gasteiger partial charge in [-0.25, -0.2) is 0 Å². The van der Waals surface area contributed by atoms with Crippen molar-refractivity contribution in [2.75, 3.05) is 22.9 Å². The summed E-state index contributed by atoms with van der Waals surface area (Å²) < 4.78 is 40.1. The van der Waals surface area contributed by atoms with E-state index in [1.807, 2.05) is 24.3 Å². The highest BCUT2D eigenvalue weighted by atomic mass is 19.4. The van der Waals surface area contributed by atoms with Gasteiger partial charge in [0.15, 0.2) is 0 Å². The number of hydrogen-bond donors (Lipinski definition) is 1. The van der Waals surface area contributed by atoms with Crippen LogP contribution in [-0.2, 0) is 6.18 Å². The second kappa shape index (κ2) is 5.58. The highest BCUT2D eigenvalue weighted by Crippen LogP contribution is 2.39. The largest absolute Gasteiger partial charge is 0.428 e. The fraction of sp³-hybridized carbons (Fsp3) is 0.300. The Morgan fingerprint density at radius 3 is 2.26 bits per heavy atom. The van der Waals surface area contributed by atoms with Crippen LogP contribution in [0, 0.1) is 0 Å². The molecule has 7 heteroatoms. The third kappa shape index (κ3) is 2.60. The molecule has 0 unspecified atom stereocenters. The first-order valence-corrected chi connectivity index (χ1v) is 8.91. The van der Waals surface area contributed by atoms with E-state index in [0.29, 0.717) is 12.2 Å². The van der Waals surface area contributed by atoms with Gasteiger partial charge in [0, 0.05) is 48.1 Å². The van der Waals surface area contributed by atoms with Crippen LogP contribution < -0.4 is 9.80 Å². The molecule has 140 valence electrons. The van der Waals surface area contributed by atoms with Crippen LogP contribution in [0.1, 0.15) is 12.0 Å². The van der Waals surface area contributed by atoms with Crippen molar-refractivity contribution < 1.29 is 18.4 Å². The van der Waals surface area contributed by atoms with Gasteiger partial charge >= 0.3 is 6.18 Å². The van der Waals surface area contributed by atoms with Crippen LogP contribution in [0.25, 0.3) is 10.9 Å². The molecule has 0 saturated carbocycles.